The highest BCUT2D eigenvalue weighted by molar-refractivity contribution is 9.38. The molecule has 15 heavy (non-hydrogen) atoms. The molecule has 0 aliphatic heterocycles. The van der Waals surface area contributed by atoms with Crippen molar-refractivity contribution in [2.45, 2.75) is 9.07 Å². The fourth-order valence-corrected chi connectivity index (χ4v) is 2.07. The molecule has 1 aromatic carbocycles. The first-order chi connectivity index (χ1) is 6.97. The summed E-state index contributed by atoms with van der Waals surface area (Å²) >= 11 is 10.4. The predicted molar refractivity (Wildman–Crippen MR) is 74.9 cm³/mol. The number of hydrogen-bond acceptors (Lipinski definition) is 1. The number of alkyl halides is 3. The van der Waals surface area contributed by atoms with Crippen molar-refractivity contribution < 1.29 is 0 Å². The summed E-state index contributed by atoms with van der Waals surface area (Å²) in [4.78, 5) is 4.55. The molecule has 1 heterocycles. The van der Waals surface area contributed by atoms with Gasteiger partial charge in [0.1, 0.15) is 0 Å². The minimum absolute atomic E-state index is 0.438. The van der Waals surface area contributed by atoms with E-state index in [-0.39, 0.29) is 0 Å². The highest BCUT2D eigenvalue weighted by Gasteiger charge is 2.22. The average Bonchev–Trinajstić information content (AvgIpc) is 2.15. The molecule has 2 rings (SSSR count). The molecule has 0 aliphatic carbocycles. The van der Waals surface area contributed by atoms with Crippen molar-refractivity contribution in [2.75, 3.05) is 0 Å². The molecule has 1 nitrogen and oxygen atoms in total. The third kappa shape index (κ3) is 2.60. The molecule has 0 radical (unpaired) electrons. The molecule has 78 valence electrons. The normalized spacial score (nSPS) is 12.0. The predicted octanol–water partition coefficient (Wildman–Crippen LogP) is 4.84. The molecule has 0 aliphatic rings. The van der Waals surface area contributed by atoms with Crippen LogP contribution in [0.15, 0.2) is 30.3 Å². The topological polar surface area (TPSA) is 12.9 Å². The Bertz CT molecular complexity index is 503. The van der Waals surface area contributed by atoms with E-state index >= 15 is 0 Å². The fraction of sp³-hybridized carbons (Fsp3) is 0.182. The van der Waals surface area contributed by atoms with Gasteiger partial charge in [0.15, 0.2) is 2.14 Å². The average molecular weight is 394 g/mol. The molecule has 0 N–H and O–H groups in total. The minimum Gasteiger partial charge on any atom is -0.249 e. The first-order valence-corrected chi connectivity index (χ1v) is 6.79. The smallest absolute Gasteiger partial charge is 0.176 e. The summed E-state index contributed by atoms with van der Waals surface area (Å²) in [6, 6.07) is 10.3. The van der Waals surface area contributed by atoms with Crippen molar-refractivity contribution in [3.05, 3.63) is 41.6 Å². The van der Waals surface area contributed by atoms with Crippen LogP contribution in [-0.2, 0) is 2.14 Å². The summed E-state index contributed by atoms with van der Waals surface area (Å²) < 4.78 is -0.438. The molecule has 0 unspecified atom stereocenters. The van der Waals surface area contributed by atoms with E-state index in [1.807, 2.05) is 12.1 Å². The van der Waals surface area contributed by atoms with Crippen LogP contribution in [-0.4, -0.2) is 4.98 Å². The SMILES string of the molecule is Cc1ccc2nc(C(Br)(Br)Br)ccc2c1. The Morgan fingerprint density at radius 2 is 1.80 bits per heavy atom. The number of fused-ring (bicyclic) bond motifs is 1. The quantitative estimate of drug-likeness (QED) is 0.584. The minimum atomic E-state index is -0.438. The highest BCUT2D eigenvalue weighted by Crippen LogP contribution is 2.43. The monoisotopic (exact) mass is 391 g/mol. The third-order valence-corrected chi connectivity index (χ3v) is 3.35. The fourth-order valence-electron chi connectivity index (χ4n) is 1.40. The van der Waals surface area contributed by atoms with Crippen LogP contribution in [0.5, 0.6) is 0 Å². The second-order valence-electron chi connectivity index (χ2n) is 3.39. The van der Waals surface area contributed by atoms with Crippen molar-refractivity contribution in [3.63, 3.8) is 0 Å². The van der Waals surface area contributed by atoms with Gasteiger partial charge in [-0.15, -0.1) is 0 Å². The lowest BCUT2D eigenvalue weighted by atomic mass is 10.1. The number of pyridine rings is 1. The van der Waals surface area contributed by atoms with Gasteiger partial charge >= 0.3 is 0 Å². The van der Waals surface area contributed by atoms with Crippen molar-refractivity contribution in [2.24, 2.45) is 0 Å². The van der Waals surface area contributed by atoms with Crippen molar-refractivity contribution in [1.82, 2.24) is 4.98 Å². The van der Waals surface area contributed by atoms with Gasteiger partial charge in [0.25, 0.3) is 0 Å². The Morgan fingerprint density at radius 3 is 2.47 bits per heavy atom. The number of nitrogens with zero attached hydrogens (tertiary/aromatic N) is 1. The molecule has 0 atom stereocenters. The van der Waals surface area contributed by atoms with Gasteiger partial charge in [0, 0.05) is 5.39 Å². The molecule has 4 heteroatoms. The Labute approximate surface area is 114 Å². The van der Waals surface area contributed by atoms with E-state index in [1.54, 1.807) is 0 Å². The number of aryl methyl sites for hydroxylation is 1. The van der Waals surface area contributed by atoms with Crippen LogP contribution < -0.4 is 0 Å². The molecule has 2 aromatic rings. The van der Waals surface area contributed by atoms with Crippen LogP contribution in [0.25, 0.3) is 10.9 Å². The largest absolute Gasteiger partial charge is 0.249 e. The Balaban J connectivity index is 2.62. The van der Waals surface area contributed by atoms with E-state index in [2.05, 4.69) is 77.9 Å². The molecule has 1 aromatic heterocycles. The second-order valence-corrected chi connectivity index (χ2v) is 10.2. The number of rotatable bonds is 0. The molecule has 0 spiro atoms. The summed E-state index contributed by atoms with van der Waals surface area (Å²) in [5.74, 6) is 0. The van der Waals surface area contributed by atoms with E-state index in [0.717, 1.165) is 16.6 Å². The number of halogens is 3. The summed E-state index contributed by atoms with van der Waals surface area (Å²) in [6.45, 7) is 2.08. The van der Waals surface area contributed by atoms with Crippen LogP contribution in [0.4, 0.5) is 0 Å². The van der Waals surface area contributed by atoms with Gasteiger partial charge in [-0.25, -0.2) is 4.98 Å². The zero-order chi connectivity index (χ0) is 11.1. The number of hydrogen-bond donors (Lipinski definition) is 0. The lowest BCUT2D eigenvalue weighted by molar-refractivity contribution is 1.19. The maximum absolute atomic E-state index is 4.55. The maximum Gasteiger partial charge on any atom is 0.176 e. The molecule has 0 saturated carbocycles. The van der Waals surface area contributed by atoms with Gasteiger partial charge in [-0.1, -0.05) is 65.5 Å². The highest BCUT2D eigenvalue weighted by atomic mass is 80.0. The second kappa shape index (κ2) is 4.15. The van der Waals surface area contributed by atoms with Gasteiger partial charge in [-0.3, -0.25) is 0 Å². The van der Waals surface area contributed by atoms with Gasteiger partial charge in [-0.05, 0) is 25.1 Å². The van der Waals surface area contributed by atoms with Crippen LogP contribution in [0, 0.1) is 6.92 Å². The van der Waals surface area contributed by atoms with Crippen molar-refractivity contribution in [3.8, 4) is 0 Å². The van der Waals surface area contributed by atoms with E-state index in [9.17, 15) is 0 Å². The standard InChI is InChI=1S/C11H8Br3N/c1-7-2-4-9-8(6-7)3-5-10(15-9)11(12,13)14/h2-6H,1H3. The lowest BCUT2D eigenvalue weighted by Gasteiger charge is -2.12. The van der Waals surface area contributed by atoms with Crippen LogP contribution in [0.3, 0.4) is 0 Å². The molecule has 0 saturated heterocycles. The van der Waals surface area contributed by atoms with Gasteiger partial charge in [0.05, 0.1) is 11.2 Å². The van der Waals surface area contributed by atoms with Crippen LogP contribution >= 0.6 is 47.8 Å². The molecular formula is C11H8Br3N. The first kappa shape index (κ1) is 11.6. The van der Waals surface area contributed by atoms with Gasteiger partial charge < -0.3 is 0 Å². The Hall–Kier alpha value is 0.0700. The zero-order valence-electron chi connectivity index (χ0n) is 7.97. The van der Waals surface area contributed by atoms with Crippen LogP contribution in [0.2, 0.25) is 0 Å². The van der Waals surface area contributed by atoms with Crippen molar-refractivity contribution in [1.29, 1.82) is 0 Å². The first-order valence-electron chi connectivity index (χ1n) is 4.41. The van der Waals surface area contributed by atoms with E-state index in [0.29, 0.717) is 0 Å². The maximum atomic E-state index is 4.55. The Morgan fingerprint density at radius 1 is 1.07 bits per heavy atom. The van der Waals surface area contributed by atoms with E-state index in [4.69, 9.17) is 0 Å². The number of aromatic nitrogens is 1. The summed E-state index contributed by atoms with van der Waals surface area (Å²) in [7, 11) is 0. The zero-order valence-corrected chi connectivity index (χ0v) is 12.7. The lowest BCUT2D eigenvalue weighted by Crippen LogP contribution is -2.01. The molecular weight excluding hydrogens is 386 g/mol. The summed E-state index contributed by atoms with van der Waals surface area (Å²) in [5.41, 5.74) is 3.15. The number of benzene rings is 1. The Kier molecular flexibility index (Phi) is 3.20. The molecule has 0 bridgehead atoms. The summed E-state index contributed by atoms with van der Waals surface area (Å²) in [5, 5.41) is 1.16. The molecule has 0 fully saturated rings. The van der Waals surface area contributed by atoms with Crippen LogP contribution in [0.1, 0.15) is 11.3 Å². The van der Waals surface area contributed by atoms with Crippen molar-refractivity contribution >= 4 is 58.7 Å². The summed E-state index contributed by atoms with van der Waals surface area (Å²) in [6.07, 6.45) is 0. The van der Waals surface area contributed by atoms with E-state index < -0.39 is 2.14 Å². The third-order valence-electron chi connectivity index (χ3n) is 2.14. The van der Waals surface area contributed by atoms with E-state index in [1.165, 1.54) is 5.56 Å². The van der Waals surface area contributed by atoms with Gasteiger partial charge in [-0.2, -0.15) is 0 Å². The van der Waals surface area contributed by atoms with Gasteiger partial charge in [0.2, 0.25) is 0 Å². The molecule has 0 amide bonds.